The van der Waals surface area contributed by atoms with Gasteiger partial charge in [-0.05, 0) is 54.6 Å². The maximum Gasteiger partial charge on any atom is 0.0629 e. The Labute approximate surface area is 185 Å². The lowest BCUT2D eigenvalue weighted by molar-refractivity contribution is 1.66. The summed E-state index contributed by atoms with van der Waals surface area (Å²) in [6.07, 6.45) is 0. The summed E-state index contributed by atoms with van der Waals surface area (Å²) in [5, 5.41) is 3.52. The van der Waals surface area contributed by atoms with Crippen molar-refractivity contribution in [2.24, 2.45) is 0 Å². The van der Waals surface area contributed by atoms with Crippen molar-refractivity contribution in [3.63, 3.8) is 0 Å². The summed E-state index contributed by atoms with van der Waals surface area (Å²) in [6, 6.07) is 23.1. The molecule has 0 aromatic heterocycles. The molecule has 0 aliphatic heterocycles. The molecular formula is C30H20. The lowest BCUT2D eigenvalue weighted by Crippen LogP contribution is -1.91. The van der Waals surface area contributed by atoms with Gasteiger partial charge in [0.25, 0.3) is 0 Å². The fraction of sp³-hybridized carbons (Fsp3) is 0. The average molecular weight is 388 g/mol. The lowest BCUT2D eigenvalue weighted by Gasteiger charge is -2.18. The van der Waals surface area contributed by atoms with Gasteiger partial charge in [0.05, 0.1) is 9.60 Å². The van der Waals surface area contributed by atoms with Crippen LogP contribution in [0.4, 0.5) is 0 Å². The van der Waals surface area contributed by atoms with Gasteiger partial charge in [-0.25, -0.2) is 0 Å². The van der Waals surface area contributed by atoms with Crippen LogP contribution in [-0.4, -0.2) is 0 Å². The Bertz CT molecular complexity index is 1830. The molecule has 6 aromatic carbocycles. The van der Waals surface area contributed by atoms with E-state index in [1.807, 2.05) is 78.9 Å². The van der Waals surface area contributed by atoms with Crippen LogP contribution < -0.4 is 0 Å². The highest BCUT2D eigenvalue weighted by Crippen LogP contribution is 2.44. The van der Waals surface area contributed by atoms with Gasteiger partial charge in [-0.2, -0.15) is 0 Å². The minimum Gasteiger partial charge on any atom is -0.0622 e. The minimum absolute atomic E-state index is 0.0395. The summed E-state index contributed by atoms with van der Waals surface area (Å²) < 4.78 is 59.8. The molecule has 0 unspecified atom stereocenters. The van der Waals surface area contributed by atoms with Crippen LogP contribution in [0.3, 0.4) is 0 Å². The SMILES string of the molecule is [2H]c1c([2H])c([2H])c2c(-c3c4ccccc4c(-c4ccccc4)c4ccccc34)c([2H])c([2H])c([2H])c2c1[2H]. The van der Waals surface area contributed by atoms with Crippen LogP contribution >= 0.6 is 0 Å². The Morgan fingerprint density at radius 1 is 0.433 bits per heavy atom. The van der Waals surface area contributed by atoms with Crippen molar-refractivity contribution in [2.75, 3.05) is 0 Å². The first-order valence-corrected chi connectivity index (χ1v) is 9.82. The molecule has 0 aliphatic rings. The number of hydrogen-bond acceptors (Lipinski definition) is 0. The molecule has 0 spiro atoms. The number of rotatable bonds is 2. The molecule has 6 rings (SSSR count). The summed E-state index contributed by atoms with van der Waals surface area (Å²) in [5.74, 6) is 0. The van der Waals surface area contributed by atoms with Gasteiger partial charge in [0.15, 0.2) is 0 Å². The Balaban J connectivity index is 1.93. The molecule has 140 valence electrons. The Kier molecular flexibility index (Phi) is 2.59. The summed E-state index contributed by atoms with van der Waals surface area (Å²) >= 11 is 0. The van der Waals surface area contributed by atoms with Crippen LogP contribution in [0.2, 0.25) is 0 Å². The highest BCUT2D eigenvalue weighted by Gasteiger charge is 2.17. The van der Waals surface area contributed by atoms with Gasteiger partial charge < -0.3 is 0 Å². The second-order valence-corrected chi connectivity index (χ2v) is 7.21. The molecular weight excluding hydrogens is 360 g/mol. The van der Waals surface area contributed by atoms with E-state index in [2.05, 4.69) is 0 Å². The molecule has 0 saturated carbocycles. The quantitative estimate of drug-likeness (QED) is 0.261. The Hall–Kier alpha value is -3.90. The topological polar surface area (TPSA) is 0 Å². The molecule has 0 N–H and O–H groups in total. The lowest BCUT2D eigenvalue weighted by atomic mass is 9.85. The third kappa shape index (κ3) is 2.54. The molecule has 0 amide bonds. The Morgan fingerprint density at radius 3 is 1.63 bits per heavy atom. The zero-order chi connectivity index (χ0) is 26.0. The van der Waals surface area contributed by atoms with E-state index >= 15 is 0 Å². The van der Waals surface area contributed by atoms with Crippen molar-refractivity contribution in [1.82, 2.24) is 0 Å². The third-order valence-electron chi connectivity index (χ3n) is 5.56. The summed E-state index contributed by atoms with van der Waals surface area (Å²) in [6.45, 7) is 0. The standard InChI is InChI=1S/C30H20/c1-2-12-22(13-3-1)29-25-16-6-8-18-27(25)30(28-19-9-7-17-26(28)29)24-20-10-14-21-11-4-5-15-23(21)24/h1-20H/i4D,5D,10D,11D,14D,15D,20D. The van der Waals surface area contributed by atoms with Crippen LogP contribution in [0.15, 0.2) is 121 Å². The Morgan fingerprint density at radius 2 is 0.967 bits per heavy atom. The number of fused-ring (bicyclic) bond motifs is 3. The van der Waals surface area contributed by atoms with E-state index in [0.717, 1.165) is 32.7 Å². The van der Waals surface area contributed by atoms with Gasteiger partial charge in [-0.15, -0.1) is 0 Å². The molecule has 30 heavy (non-hydrogen) atoms. The van der Waals surface area contributed by atoms with Gasteiger partial charge in [0.1, 0.15) is 0 Å². The minimum atomic E-state index is -0.455. The first-order chi connectivity index (χ1) is 17.8. The second kappa shape index (κ2) is 6.86. The van der Waals surface area contributed by atoms with E-state index in [0.29, 0.717) is 5.56 Å². The molecule has 0 radical (unpaired) electrons. The molecule has 0 aliphatic carbocycles. The van der Waals surface area contributed by atoms with Crippen LogP contribution in [0.1, 0.15) is 9.60 Å². The first kappa shape index (κ1) is 11.3. The van der Waals surface area contributed by atoms with E-state index in [-0.39, 0.29) is 46.5 Å². The highest BCUT2D eigenvalue weighted by atomic mass is 14.2. The maximum absolute atomic E-state index is 8.96. The van der Waals surface area contributed by atoms with Crippen LogP contribution in [-0.2, 0) is 0 Å². The van der Waals surface area contributed by atoms with E-state index in [1.54, 1.807) is 0 Å². The largest absolute Gasteiger partial charge is 0.0629 e. The van der Waals surface area contributed by atoms with Gasteiger partial charge in [0.2, 0.25) is 0 Å². The molecule has 6 aromatic rings. The van der Waals surface area contributed by atoms with E-state index in [1.165, 1.54) is 0 Å². The van der Waals surface area contributed by atoms with Crippen molar-refractivity contribution in [3.8, 4) is 22.3 Å². The average Bonchev–Trinajstić information content (AvgIpc) is 2.93. The van der Waals surface area contributed by atoms with Crippen LogP contribution in [0.25, 0.3) is 54.6 Å². The molecule has 0 fully saturated rings. The smallest absolute Gasteiger partial charge is 0.0622 e. The predicted octanol–water partition coefficient (Wildman–Crippen LogP) is 8.48. The van der Waals surface area contributed by atoms with Crippen molar-refractivity contribution >= 4 is 32.3 Å². The monoisotopic (exact) mass is 387 g/mol. The number of hydrogen-bond donors (Lipinski definition) is 0. The van der Waals surface area contributed by atoms with E-state index < -0.39 is 12.1 Å². The summed E-state index contributed by atoms with van der Waals surface area (Å²) in [4.78, 5) is 0. The maximum atomic E-state index is 8.96. The fourth-order valence-corrected chi connectivity index (χ4v) is 4.31. The summed E-state index contributed by atoms with van der Waals surface area (Å²) in [7, 11) is 0. The zero-order valence-corrected chi connectivity index (χ0v) is 16.0. The molecule has 0 nitrogen and oxygen atoms in total. The van der Waals surface area contributed by atoms with E-state index in [4.69, 9.17) is 9.60 Å². The summed E-state index contributed by atoms with van der Waals surface area (Å²) in [5.41, 5.74) is 2.92. The molecule has 0 heteroatoms. The molecule has 0 bridgehead atoms. The van der Waals surface area contributed by atoms with E-state index in [9.17, 15) is 0 Å². The van der Waals surface area contributed by atoms with Gasteiger partial charge >= 0.3 is 0 Å². The van der Waals surface area contributed by atoms with Crippen molar-refractivity contribution in [2.45, 2.75) is 0 Å². The first-order valence-electron chi connectivity index (χ1n) is 13.3. The van der Waals surface area contributed by atoms with Gasteiger partial charge in [-0.1, -0.05) is 121 Å². The third-order valence-corrected chi connectivity index (χ3v) is 5.56. The fourth-order valence-electron chi connectivity index (χ4n) is 4.31. The van der Waals surface area contributed by atoms with Crippen molar-refractivity contribution < 1.29 is 9.60 Å². The van der Waals surface area contributed by atoms with Gasteiger partial charge in [0, 0.05) is 0 Å². The number of benzene rings is 6. The predicted molar refractivity (Wildman–Crippen MR) is 130 cm³/mol. The molecule has 0 saturated heterocycles. The van der Waals surface area contributed by atoms with Crippen molar-refractivity contribution in [1.29, 1.82) is 0 Å². The highest BCUT2D eigenvalue weighted by molar-refractivity contribution is 6.23. The van der Waals surface area contributed by atoms with Gasteiger partial charge in [-0.3, -0.25) is 0 Å². The zero-order valence-electron chi connectivity index (χ0n) is 23.0. The molecule has 0 atom stereocenters. The van der Waals surface area contributed by atoms with Crippen LogP contribution in [0.5, 0.6) is 0 Å². The molecule has 0 heterocycles. The second-order valence-electron chi connectivity index (χ2n) is 7.21. The normalized spacial score (nSPS) is 14.6. The van der Waals surface area contributed by atoms with Crippen LogP contribution in [0, 0.1) is 0 Å². The van der Waals surface area contributed by atoms with Crippen molar-refractivity contribution in [3.05, 3.63) is 121 Å².